The van der Waals surface area contributed by atoms with Gasteiger partial charge in [0.1, 0.15) is 4.08 Å². The molecule has 1 aromatic rings. The molecule has 2 aliphatic heterocycles. The molecule has 0 amide bonds. The summed E-state index contributed by atoms with van der Waals surface area (Å²) in [4.78, 5) is 5.01. The highest BCUT2D eigenvalue weighted by atomic mass is 32.2. The minimum atomic E-state index is 0.195. The van der Waals surface area contributed by atoms with Crippen LogP contribution in [0.5, 0.6) is 0 Å². The van der Waals surface area contributed by atoms with Crippen LogP contribution in [0.4, 0.5) is 0 Å². The van der Waals surface area contributed by atoms with E-state index >= 15 is 0 Å². The second-order valence-corrected chi connectivity index (χ2v) is 7.85. The maximum absolute atomic E-state index is 5.01. The minimum absolute atomic E-state index is 0.195. The molecular weight excluding hydrogens is 234 g/mol. The number of fused-ring (bicyclic) bond motifs is 1. The normalized spacial score (nSPS) is 47.8. The summed E-state index contributed by atoms with van der Waals surface area (Å²) in [6, 6.07) is 10.6. The van der Waals surface area contributed by atoms with Crippen molar-refractivity contribution >= 4 is 28.6 Å². The molecule has 0 radical (unpaired) electrons. The molecule has 1 nitrogen and oxygen atoms in total. The number of rotatable bonds is 1. The first-order valence-corrected chi connectivity index (χ1v) is 7.41. The fraction of sp³-hybridized carbons (Fsp3) is 0.462. The zero-order chi connectivity index (χ0) is 11.0. The monoisotopic (exact) mass is 247 g/mol. The minimum Gasteiger partial charge on any atom is -0.268 e. The summed E-state index contributed by atoms with van der Waals surface area (Å²) in [5.74, 6) is 1.28. The van der Waals surface area contributed by atoms with Crippen molar-refractivity contribution in [1.29, 1.82) is 0 Å². The van der Waals surface area contributed by atoms with Gasteiger partial charge in [-0.1, -0.05) is 49.0 Å². The van der Waals surface area contributed by atoms with Crippen LogP contribution < -0.4 is 0 Å². The molecule has 0 N–H and O–H groups in total. The third-order valence-corrected chi connectivity index (χ3v) is 8.77. The van der Waals surface area contributed by atoms with Gasteiger partial charge >= 0.3 is 0 Å². The van der Waals surface area contributed by atoms with Crippen LogP contribution in [0.15, 0.2) is 35.3 Å². The van der Waals surface area contributed by atoms with Crippen molar-refractivity contribution in [2.24, 2.45) is 10.4 Å². The van der Waals surface area contributed by atoms with E-state index in [-0.39, 0.29) is 5.54 Å². The van der Waals surface area contributed by atoms with E-state index in [1.165, 1.54) is 16.4 Å². The zero-order valence-corrected chi connectivity index (χ0v) is 11.0. The smallest absolute Gasteiger partial charge is 0.101 e. The second kappa shape index (κ2) is 2.54. The largest absolute Gasteiger partial charge is 0.268 e. The fourth-order valence-electron chi connectivity index (χ4n) is 3.08. The van der Waals surface area contributed by atoms with Gasteiger partial charge in [-0.3, -0.25) is 4.99 Å². The standard InChI is InChI=1S/C13H13NS2/c1-11-8-15-13(11)12(11,2)14-10(16-13)9-6-4-3-5-7-9/h3-7H,8H2,1-2H3. The van der Waals surface area contributed by atoms with Gasteiger partial charge in [-0.05, 0) is 6.92 Å². The maximum Gasteiger partial charge on any atom is 0.101 e. The summed E-state index contributed by atoms with van der Waals surface area (Å²) < 4.78 is 0.380. The van der Waals surface area contributed by atoms with Gasteiger partial charge in [0.2, 0.25) is 0 Å². The van der Waals surface area contributed by atoms with Crippen molar-refractivity contribution in [3.63, 3.8) is 0 Å². The molecule has 3 heteroatoms. The Balaban J connectivity index is 1.77. The third-order valence-electron chi connectivity index (χ3n) is 4.53. The molecule has 0 bridgehead atoms. The first-order valence-electron chi connectivity index (χ1n) is 5.61. The summed E-state index contributed by atoms with van der Waals surface area (Å²) in [5, 5.41) is 1.24. The van der Waals surface area contributed by atoms with Gasteiger partial charge in [0.25, 0.3) is 0 Å². The van der Waals surface area contributed by atoms with Gasteiger partial charge in [-0.25, -0.2) is 0 Å². The predicted octanol–water partition coefficient (Wildman–Crippen LogP) is 3.40. The van der Waals surface area contributed by atoms with Crippen molar-refractivity contribution in [1.82, 2.24) is 0 Å². The lowest BCUT2D eigenvalue weighted by atomic mass is 10.1. The molecule has 2 fully saturated rings. The average molecular weight is 247 g/mol. The summed E-state index contributed by atoms with van der Waals surface area (Å²) >= 11 is 4.10. The Morgan fingerprint density at radius 1 is 1.19 bits per heavy atom. The van der Waals surface area contributed by atoms with Crippen LogP contribution in [0, 0.1) is 5.41 Å². The average Bonchev–Trinajstić information content (AvgIpc) is 2.61. The van der Waals surface area contributed by atoms with Crippen molar-refractivity contribution < 1.29 is 0 Å². The Bertz CT molecular complexity index is 512. The predicted molar refractivity (Wildman–Crippen MR) is 72.3 cm³/mol. The van der Waals surface area contributed by atoms with Gasteiger partial charge < -0.3 is 0 Å². The lowest BCUT2D eigenvalue weighted by Gasteiger charge is -2.30. The quantitative estimate of drug-likeness (QED) is 0.754. The summed E-state index contributed by atoms with van der Waals surface area (Å²) in [6.07, 6.45) is 0. The van der Waals surface area contributed by atoms with Crippen LogP contribution in [-0.2, 0) is 0 Å². The Labute approximate surface area is 104 Å². The molecule has 4 rings (SSSR count). The molecule has 16 heavy (non-hydrogen) atoms. The highest BCUT2D eigenvalue weighted by Crippen LogP contribution is 2.89. The van der Waals surface area contributed by atoms with E-state index in [4.69, 9.17) is 4.99 Å². The van der Waals surface area contributed by atoms with Crippen LogP contribution in [-0.4, -0.2) is 20.4 Å². The number of nitrogens with zero attached hydrogens (tertiary/aromatic N) is 1. The molecule has 1 aliphatic carbocycles. The Hall–Kier alpha value is -0.410. The zero-order valence-electron chi connectivity index (χ0n) is 9.36. The SMILES string of the molecule is CC12CSC13SC(c1ccccc1)=NC23C. The van der Waals surface area contributed by atoms with Crippen molar-refractivity contribution in [3.05, 3.63) is 35.9 Å². The first-order chi connectivity index (χ1) is 7.63. The Morgan fingerprint density at radius 3 is 2.50 bits per heavy atom. The summed E-state index contributed by atoms with van der Waals surface area (Å²) in [6.45, 7) is 4.72. The van der Waals surface area contributed by atoms with E-state index in [9.17, 15) is 0 Å². The number of thioether (sulfide) groups is 2. The second-order valence-electron chi connectivity index (χ2n) is 5.19. The Morgan fingerprint density at radius 2 is 1.94 bits per heavy atom. The van der Waals surface area contributed by atoms with Crippen LogP contribution in [0.25, 0.3) is 0 Å². The van der Waals surface area contributed by atoms with Crippen LogP contribution in [0.2, 0.25) is 0 Å². The van der Waals surface area contributed by atoms with Gasteiger partial charge in [0.05, 0.1) is 10.6 Å². The number of aliphatic imine (C=N–C) groups is 1. The van der Waals surface area contributed by atoms with Crippen LogP contribution >= 0.6 is 23.5 Å². The lowest BCUT2D eigenvalue weighted by Crippen LogP contribution is -2.26. The third kappa shape index (κ3) is 0.750. The van der Waals surface area contributed by atoms with Crippen molar-refractivity contribution in [2.75, 3.05) is 5.75 Å². The molecule has 1 saturated heterocycles. The van der Waals surface area contributed by atoms with Gasteiger partial charge in [0.15, 0.2) is 0 Å². The number of hydrogen-bond donors (Lipinski definition) is 0. The van der Waals surface area contributed by atoms with Crippen LogP contribution in [0.1, 0.15) is 19.4 Å². The van der Waals surface area contributed by atoms with Gasteiger partial charge in [-0.15, -0.1) is 11.8 Å². The van der Waals surface area contributed by atoms with Gasteiger partial charge in [-0.2, -0.15) is 0 Å². The molecule has 0 aromatic heterocycles. The molecule has 1 aromatic carbocycles. The lowest BCUT2D eigenvalue weighted by molar-refractivity contribution is 0.528. The summed E-state index contributed by atoms with van der Waals surface area (Å²) in [5.41, 5.74) is 1.94. The molecule has 3 atom stereocenters. The number of hydrogen-bond acceptors (Lipinski definition) is 3. The molecular formula is C13H13NS2. The van der Waals surface area contributed by atoms with Crippen LogP contribution in [0.3, 0.4) is 0 Å². The van der Waals surface area contributed by atoms with Crippen molar-refractivity contribution in [2.45, 2.75) is 23.5 Å². The molecule has 3 unspecified atom stereocenters. The van der Waals surface area contributed by atoms with E-state index in [1.54, 1.807) is 0 Å². The number of benzene rings is 1. The maximum atomic E-state index is 5.01. The molecule has 82 valence electrons. The van der Waals surface area contributed by atoms with E-state index in [0.717, 1.165) is 0 Å². The highest BCUT2D eigenvalue weighted by molar-refractivity contribution is 8.28. The molecule has 1 saturated carbocycles. The van der Waals surface area contributed by atoms with E-state index < -0.39 is 0 Å². The van der Waals surface area contributed by atoms with E-state index in [2.05, 4.69) is 55.9 Å². The van der Waals surface area contributed by atoms with Gasteiger partial charge in [0, 0.05) is 16.7 Å². The Kier molecular flexibility index (Phi) is 1.52. The molecule has 1 spiro atoms. The van der Waals surface area contributed by atoms with Crippen molar-refractivity contribution in [3.8, 4) is 0 Å². The fourth-order valence-corrected chi connectivity index (χ4v) is 7.33. The molecule has 3 aliphatic rings. The van der Waals surface area contributed by atoms with E-state index in [1.807, 2.05) is 11.8 Å². The highest BCUT2D eigenvalue weighted by Gasteiger charge is 2.92. The van der Waals surface area contributed by atoms with E-state index in [0.29, 0.717) is 9.49 Å². The topological polar surface area (TPSA) is 12.4 Å². The first kappa shape index (κ1) is 9.60. The molecule has 2 heterocycles. The summed E-state index contributed by atoms with van der Waals surface area (Å²) in [7, 11) is 0.